The number of esters is 1. The lowest BCUT2D eigenvalue weighted by molar-refractivity contribution is 0.0600. The summed E-state index contributed by atoms with van der Waals surface area (Å²) in [6.45, 7) is 0.289. The highest BCUT2D eigenvalue weighted by Crippen LogP contribution is 2.39. The number of anilines is 1. The molecule has 0 aliphatic rings. The Hall–Kier alpha value is -3.42. The van der Waals surface area contributed by atoms with Crippen molar-refractivity contribution in [2.75, 3.05) is 33.8 Å². The van der Waals surface area contributed by atoms with Crippen molar-refractivity contribution in [2.45, 2.75) is 6.54 Å². The van der Waals surface area contributed by atoms with E-state index in [2.05, 4.69) is 15.4 Å². The molecule has 0 radical (unpaired) electrons. The van der Waals surface area contributed by atoms with Crippen LogP contribution in [0.3, 0.4) is 0 Å². The second-order valence-corrected chi connectivity index (χ2v) is 5.41. The van der Waals surface area contributed by atoms with Gasteiger partial charge in [0.1, 0.15) is 0 Å². The molecule has 0 heterocycles. The Morgan fingerprint density at radius 1 is 0.889 bits per heavy atom. The maximum absolute atomic E-state index is 12.2. The van der Waals surface area contributed by atoms with Crippen LogP contribution >= 0.6 is 0 Å². The minimum Gasteiger partial charge on any atom is -0.493 e. The fraction of sp³-hybridized carbons (Fsp3) is 0.263. The van der Waals surface area contributed by atoms with Gasteiger partial charge in [-0.25, -0.2) is 9.59 Å². The van der Waals surface area contributed by atoms with Crippen LogP contribution in [0.2, 0.25) is 0 Å². The van der Waals surface area contributed by atoms with Crippen molar-refractivity contribution in [3.63, 3.8) is 0 Å². The number of nitrogens with one attached hydrogen (secondary N) is 2. The zero-order valence-corrected chi connectivity index (χ0v) is 15.6. The molecule has 0 spiro atoms. The van der Waals surface area contributed by atoms with Crippen LogP contribution in [0.1, 0.15) is 15.9 Å². The lowest BCUT2D eigenvalue weighted by Crippen LogP contribution is -2.28. The van der Waals surface area contributed by atoms with Gasteiger partial charge in [-0.3, -0.25) is 0 Å². The minimum atomic E-state index is -0.408. The molecule has 0 atom stereocenters. The Morgan fingerprint density at radius 3 is 1.96 bits per heavy atom. The molecule has 8 heteroatoms. The van der Waals surface area contributed by atoms with Gasteiger partial charge in [0.25, 0.3) is 0 Å². The summed E-state index contributed by atoms with van der Waals surface area (Å²) < 4.78 is 20.4. The Kier molecular flexibility index (Phi) is 6.87. The average molecular weight is 374 g/mol. The fourth-order valence-electron chi connectivity index (χ4n) is 2.39. The highest BCUT2D eigenvalue weighted by atomic mass is 16.5. The highest BCUT2D eigenvalue weighted by molar-refractivity contribution is 5.90. The molecule has 8 nitrogen and oxygen atoms in total. The largest absolute Gasteiger partial charge is 0.493 e. The van der Waals surface area contributed by atoms with Gasteiger partial charge in [-0.15, -0.1) is 0 Å². The molecule has 27 heavy (non-hydrogen) atoms. The van der Waals surface area contributed by atoms with Crippen molar-refractivity contribution in [1.82, 2.24) is 5.32 Å². The molecule has 0 saturated carbocycles. The first kappa shape index (κ1) is 19.9. The number of hydrogen-bond donors (Lipinski definition) is 2. The number of ether oxygens (including phenoxy) is 4. The van der Waals surface area contributed by atoms with Crippen LogP contribution in [0, 0.1) is 0 Å². The lowest BCUT2D eigenvalue weighted by atomic mass is 10.1. The van der Waals surface area contributed by atoms with Gasteiger partial charge in [0.15, 0.2) is 11.5 Å². The second-order valence-electron chi connectivity index (χ2n) is 5.41. The molecule has 2 aromatic rings. The number of methoxy groups -OCH3 is 4. The zero-order valence-electron chi connectivity index (χ0n) is 15.6. The van der Waals surface area contributed by atoms with Crippen LogP contribution in [-0.4, -0.2) is 40.4 Å². The molecule has 2 amide bonds. The first-order valence-corrected chi connectivity index (χ1v) is 8.04. The first-order chi connectivity index (χ1) is 13.0. The van der Waals surface area contributed by atoms with Gasteiger partial charge in [0.05, 0.1) is 39.7 Å². The molecule has 2 N–H and O–H groups in total. The van der Waals surface area contributed by atoms with Gasteiger partial charge in [0.2, 0.25) is 5.75 Å². The van der Waals surface area contributed by atoms with E-state index in [1.165, 1.54) is 28.4 Å². The summed E-state index contributed by atoms with van der Waals surface area (Å²) in [5.41, 5.74) is 1.77. The Balaban J connectivity index is 2.00. The molecule has 144 valence electrons. The SMILES string of the molecule is COC(=O)c1ccc(CNC(=O)Nc2cc(OC)c(OC)c(OC)c2)cc1. The summed E-state index contributed by atoms with van der Waals surface area (Å²) in [5.74, 6) is 0.905. The predicted octanol–water partition coefficient (Wildman–Crippen LogP) is 2.82. The van der Waals surface area contributed by atoms with E-state index in [-0.39, 0.29) is 6.54 Å². The quantitative estimate of drug-likeness (QED) is 0.724. The summed E-state index contributed by atoms with van der Waals surface area (Å²) >= 11 is 0. The third kappa shape index (κ3) is 5.04. The molecular formula is C19H22N2O6. The summed E-state index contributed by atoms with van der Waals surface area (Å²) in [6.07, 6.45) is 0. The van der Waals surface area contributed by atoms with Crippen molar-refractivity contribution in [1.29, 1.82) is 0 Å². The van der Waals surface area contributed by atoms with Crippen molar-refractivity contribution in [3.05, 3.63) is 47.5 Å². The van der Waals surface area contributed by atoms with Crippen LogP contribution in [0.15, 0.2) is 36.4 Å². The van der Waals surface area contributed by atoms with Crippen molar-refractivity contribution >= 4 is 17.7 Å². The summed E-state index contributed by atoms with van der Waals surface area (Å²) in [5, 5.41) is 5.45. The smallest absolute Gasteiger partial charge is 0.337 e. The maximum atomic E-state index is 12.2. The van der Waals surface area contributed by atoms with E-state index in [4.69, 9.17) is 14.2 Å². The van der Waals surface area contributed by atoms with Crippen LogP contribution in [0.5, 0.6) is 17.2 Å². The van der Waals surface area contributed by atoms with Crippen LogP contribution < -0.4 is 24.8 Å². The third-order valence-corrected chi connectivity index (χ3v) is 3.75. The van der Waals surface area contributed by atoms with E-state index < -0.39 is 12.0 Å². The van der Waals surface area contributed by atoms with Crippen molar-refractivity contribution in [2.24, 2.45) is 0 Å². The molecule has 0 aliphatic heterocycles. The number of carbonyl (C=O) groups excluding carboxylic acids is 2. The van der Waals surface area contributed by atoms with E-state index in [1.807, 2.05) is 0 Å². The van der Waals surface area contributed by atoms with Crippen molar-refractivity contribution < 1.29 is 28.5 Å². The van der Waals surface area contributed by atoms with Gasteiger partial charge >= 0.3 is 12.0 Å². The number of hydrogen-bond acceptors (Lipinski definition) is 6. The monoisotopic (exact) mass is 374 g/mol. The number of rotatable bonds is 7. The van der Waals surface area contributed by atoms with E-state index in [0.717, 1.165) is 5.56 Å². The average Bonchev–Trinajstić information content (AvgIpc) is 2.71. The Bertz CT molecular complexity index is 779. The van der Waals surface area contributed by atoms with E-state index in [0.29, 0.717) is 28.5 Å². The maximum Gasteiger partial charge on any atom is 0.337 e. The topological polar surface area (TPSA) is 95.1 Å². The number of benzene rings is 2. The summed E-state index contributed by atoms with van der Waals surface area (Å²) in [4.78, 5) is 23.6. The van der Waals surface area contributed by atoms with Gasteiger partial charge in [-0.1, -0.05) is 12.1 Å². The molecule has 0 bridgehead atoms. The normalized spacial score (nSPS) is 9.93. The molecule has 0 saturated heterocycles. The predicted molar refractivity (Wildman–Crippen MR) is 99.7 cm³/mol. The number of urea groups is 1. The van der Waals surface area contributed by atoms with Gasteiger partial charge < -0.3 is 29.6 Å². The van der Waals surface area contributed by atoms with Gasteiger partial charge in [-0.2, -0.15) is 0 Å². The number of carbonyl (C=O) groups is 2. The van der Waals surface area contributed by atoms with E-state index in [9.17, 15) is 9.59 Å². The van der Waals surface area contributed by atoms with Crippen LogP contribution in [-0.2, 0) is 11.3 Å². The van der Waals surface area contributed by atoms with Gasteiger partial charge in [-0.05, 0) is 17.7 Å². The highest BCUT2D eigenvalue weighted by Gasteiger charge is 2.14. The molecule has 0 unspecified atom stereocenters. The molecule has 0 fully saturated rings. The van der Waals surface area contributed by atoms with Gasteiger partial charge in [0, 0.05) is 18.7 Å². The zero-order chi connectivity index (χ0) is 19.8. The van der Waals surface area contributed by atoms with E-state index >= 15 is 0 Å². The van der Waals surface area contributed by atoms with Crippen LogP contribution in [0.25, 0.3) is 0 Å². The van der Waals surface area contributed by atoms with Crippen molar-refractivity contribution in [3.8, 4) is 17.2 Å². The third-order valence-electron chi connectivity index (χ3n) is 3.75. The summed E-state index contributed by atoms with van der Waals surface area (Å²) in [7, 11) is 5.83. The molecule has 0 aromatic heterocycles. The molecule has 2 rings (SSSR count). The Labute approximate surface area is 157 Å². The fourth-order valence-corrected chi connectivity index (χ4v) is 2.39. The summed E-state index contributed by atoms with van der Waals surface area (Å²) in [6, 6.07) is 9.62. The first-order valence-electron chi connectivity index (χ1n) is 8.04. The Morgan fingerprint density at radius 2 is 1.48 bits per heavy atom. The molecule has 0 aliphatic carbocycles. The standard InChI is InChI=1S/C19H22N2O6/c1-24-15-9-14(10-16(25-2)17(15)26-3)21-19(23)20-11-12-5-7-13(8-6-12)18(22)27-4/h5-10H,11H2,1-4H3,(H2,20,21,23). The number of amides is 2. The molecule has 2 aromatic carbocycles. The van der Waals surface area contributed by atoms with Crippen LogP contribution in [0.4, 0.5) is 10.5 Å². The minimum absolute atomic E-state index is 0.289. The molecular weight excluding hydrogens is 352 g/mol. The lowest BCUT2D eigenvalue weighted by Gasteiger charge is -2.15. The second kappa shape index (κ2) is 9.33. The van der Waals surface area contributed by atoms with E-state index in [1.54, 1.807) is 36.4 Å².